The number of rotatable bonds is 5. The molecule has 29 heavy (non-hydrogen) atoms. The van der Waals surface area contributed by atoms with Crippen molar-refractivity contribution in [2.75, 3.05) is 56.2 Å². The first-order chi connectivity index (χ1) is 14.1. The Bertz CT molecular complexity index is 659. The lowest BCUT2D eigenvalue weighted by Gasteiger charge is -2.36. The van der Waals surface area contributed by atoms with Crippen LogP contribution < -0.4 is 10.2 Å². The van der Waals surface area contributed by atoms with Gasteiger partial charge in [-0.3, -0.25) is 9.69 Å². The molecule has 0 spiro atoms. The second-order valence-corrected chi connectivity index (χ2v) is 8.48. The minimum Gasteiger partial charge on any atom is -0.372 e. The maximum Gasteiger partial charge on any atom is 0.238 e. The van der Waals surface area contributed by atoms with Gasteiger partial charge >= 0.3 is 0 Å². The van der Waals surface area contributed by atoms with E-state index in [2.05, 4.69) is 41.1 Å². The first-order valence-electron chi connectivity index (χ1n) is 10.8. The van der Waals surface area contributed by atoms with E-state index in [0.29, 0.717) is 25.7 Å². The van der Waals surface area contributed by atoms with Crippen molar-refractivity contribution < 1.29 is 19.0 Å². The molecule has 1 aromatic rings. The van der Waals surface area contributed by atoms with E-state index < -0.39 is 0 Å². The molecule has 160 valence electrons. The molecule has 1 amide bonds. The summed E-state index contributed by atoms with van der Waals surface area (Å²) in [5.74, 6) is 0.494. The molecule has 2 atom stereocenters. The fourth-order valence-electron chi connectivity index (χ4n) is 4.58. The van der Waals surface area contributed by atoms with Gasteiger partial charge in [0.2, 0.25) is 5.91 Å². The first-order valence-corrected chi connectivity index (χ1v) is 10.8. The van der Waals surface area contributed by atoms with Crippen LogP contribution in [0.15, 0.2) is 24.3 Å². The number of ether oxygens (including phenoxy) is 3. The van der Waals surface area contributed by atoms with Gasteiger partial charge in [0.15, 0.2) is 6.29 Å². The average molecular weight is 404 g/mol. The van der Waals surface area contributed by atoms with E-state index in [1.54, 1.807) is 0 Å². The Kier molecular flexibility index (Phi) is 6.70. The predicted molar refractivity (Wildman–Crippen MR) is 112 cm³/mol. The minimum absolute atomic E-state index is 0.0399. The first kappa shape index (κ1) is 20.6. The quantitative estimate of drug-likeness (QED) is 0.814. The molecular weight excluding hydrogens is 370 g/mol. The van der Waals surface area contributed by atoms with Crippen LogP contribution in [0.5, 0.6) is 0 Å². The summed E-state index contributed by atoms with van der Waals surface area (Å²) in [5, 5.41) is 3.03. The normalized spacial score (nSPS) is 27.3. The van der Waals surface area contributed by atoms with Crippen LogP contribution in [0, 0.1) is 5.92 Å². The summed E-state index contributed by atoms with van der Waals surface area (Å²) in [6, 6.07) is 8.12. The van der Waals surface area contributed by atoms with Crippen molar-refractivity contribution in [2.24, 2.45) is 5.92 Å². The Morgan fingerprint density at radius 2 is 1.66 bits per heavy atom. The molecule has 1 N–H and O–H groups in total. The van der Waals surface area contributed by atoms with Crippen LogP contribution in [0.2, 0.25) is 0 Å². The number of nitrogens with zero attached hydrogens (tertiary/aromatic N) is 2. The number of hydrogen-bond donors (Lipinski definition) is 1. The number of piperidine rings is 1. The van der Waals surface area contributed by atoms with E-state index in [-0.39, 0.29) is 24.4 Å². The van der Waals surface area contributed by atoms with Gasteiger partial charge in [-0.05, 0) is 64.0 Å². The Hall–Kier alpha value is -1.67. The number of carbonyl (C=O) groups excluding carboxylic acids is 1. The lowest BCUT2D eigenvalue weighted by molar-refractivity contribution is -0.119. The molecule has 0 aliphatic carbocycles. The number of carbonyl (C=O) groups is 1. The number of hydrogen-bond acceptors (Lipinski definition) is 6. The van der Waals surface area contributed by atoms with Crippen molar-refractivity contribution in [3.63, 3.8) is 0 Å². The summed E-state index contributed by atoms with van der Waals surface area (Å²) in [5.41, 5.74) is 2.01. The van der Waals surface area contributed by atoms with E-state index in [4.69, 9.17) is 14.2 Å². The molecule has 3 aliphatic rings. The molecule has 0 saturated carbocycles. The second kappa shape index (κ2) is 9.43. The molecule has 0 radical (unpaired) electrons. The largest absolute Gasteiger partial charge is 0.372 e. The molecule has 7 heteroatoms. The van der Waals surface area contributed by atoms with Crippen LogP contribution in [0.1, 0.15) is 26.7 Å². The summed E-state index contributed by atoms with van der Waals surface area (Å²) >= 11 is 0. The number of anilines is 2. The predicted octanol–water partition coefficient (Wildman–Crippen LogP) is 2.32. The third-order valence-electron chi connectivity index (χ3n) is 5.97. The van der Waals surface area contributed by atoms with Crippen molar-refractivity contribution in [1.82, 2.24) is 4.90 Å². The highest BCUT2D eigenvalue weighted by atomic mass is 16.7. The SMILES string of the molecule is CC1CN(c2ccc(NC(=O)CN3CCC(C4OCCO4)CC3)cc2)CC(C)O1. The molecule has 2 unspecified atom stereocenters. The fourth-order valence-corrected chi connectivity index (χ4v) is 4.58. The van der Waals surface area contributed by atoms with Crippen molar-refractivity contribution in [3.05, 3.63) is 24.3 Å². The topological polar surface area (TPSA) is 63.3 Å². The van der Waals surface area contributed by atoms with Gasteiger partial charge in [0.25, 0.3) is 0 Å². The van der Waals surface area contributed by atoms with E-state index in [9.17, 15) is 4.79 Å². The summed E-state index contributed by atoms with van der Waals surface area (Å²) in [7, 11) is 0. The molecule has 3 heterocycles. The smallest absolute Gasteiger partial charge is 0.238 e. The van der Waals surface area contributed by atoms with Gasteiger partial charge in [-0.25, -0.2) is 0 Å². The molecule has 3 fully saturated rings. The Morgan fingerprint density at radius 3 is 2.28 bits per heavy atom. The molecule has 0 aromatic heterocycles. The maximum atomic E-state index is 12.5. The summed E-state index contributed by atoms with van der Waals surface area (Å²) in [4.78, 5) is 17.0. The van der Waals surface area contributed by atoms with E-state index in [1.807, 2.05) is 12.1 Å². The van der Waals surface area contributed by atoms with Crippen LogP contribution in [-0.4, -0.2) is 75.2 Å². The highest BCUT2D eigenvalue weighted by Gasteiger charge is 2.30. The molecule has 3 saturated heterocycles. The van der Waals surface area contributed by atoms with Gasteiger partial charge in [0, 0.05) is 30.4 Å². The van der Waals surface area contributed by atoms with E-state index >= 15 is 0 Å². The summed E-state index contributed by atoms with van der Waals surface area (Å²) < 4.78 is 17.0. The van der Waals surface area contributed by atoms with Gasteiger partial charge in [-0.15, -0.1) is 0 Å². The molecule has 0 bridgehead atoms. The minimum atomic E-state index is -0.0399. The zero-order valence-corrected chi connectivity index (χ0v) is 17.5. The lowest BCUT2D eigenvalue weighted by atomic mass is 9.96. The standard InChI is InChI=1S/C22H33N3O4/c1-16-13-25(14-17(2)29-16)20-5-3-19(4-6-20)23-21(26)15-24-9-7-18(8-10-24)22-27-11-12-28-22/h3-6,16-18,22H,7-15H2,1-2H3,(H,23,26). The van der Waals surface area contributed by atoms with Crippen LogP contribution in [0.25, 0.3) is 0 Å². The van der Waals surface area contributed by atoms with E-state index in [1.165, 1.54) is 5.69 Å². The summed E-state index contributed by atoms with van der Waals surface area (Å²) in [6.07, 6.45) is 2.46. The Balaban J connectivity index is 1.22. The number of morpholine rings is 1. The Morgan fingerprint density at radius 1 is 1.03 bits per heavy atom. The van der Waals surface area contributed by atoms with E-state index in [0.717, 1.165) is 44.7 Å². The van der Waals surface area contributed by atoms with Gasteiger partial charge in [-0.2, -0.15) is 0 Å². The molecular formula is C22H33N3O4. The molecule has 1 aromatic carbocycles. The second-order valence-electron chi connectivity index (χ2n) is 8.48. The van der Waals surface area contributed by atoms with Crippen LogP contribution in [-0.2, 0) is 19.0 Å². The third-order valence-corrected chi connectivity index (χ3v) is 5.97. The van der Waals surface area contributed by atoms with Gasteiger partial charge in [-0.1, -0.05) is 0 Å². The van der Waals surface area contributed by atoms with Crippen LogP contribution in [0.3, 0.4) is 0 Å². The monoisotopic (exact) mass is 403 g/mol. The summed E-state index contributed by atoms with van der Waals surface area (Å²) in [6.45, 7) is 9.65. The molecule has 4 rings (SSSR count). The zero-order valence-electron chi connectivity index (χ0n) is 17.5. The maximum absolute atomic E-state index is 12.5. The fraction of sp³-hybridized carbons (Fsp3) is 0.682. The molecule has 7 nitrogen and oxygen atoms in total. The van der Waals surface area contributed by atoms with Crippen molar-refractivity contribution >= 4 is 17.3 Å². The van der Waals surface area contributed by atoms with Crippen LogP contribution in [0.4, 0.5) is 11.4 Å². The van der Waals surface area contributed by atoms with Crippen molar-refractivity contribution in [2.45, 2.75) is 45.2 Å². The zero-order chi connectivity index (χ0) is 20.2. The highest BCUT2D eigenvalue weighted by Crippen LogP contribution is 2.26. The van der Waals surface area contributed by atoms with Gasteiger partial charge in [0.05, 0.1) is 32.0 Å². The number of nitrogens with one attached hydrogen (secondary N) is 1. The van der Waals surface area contributed by atoms with Crippen molar-refractivity contribution in [3.8, 4) is 0 Å². The van der Waals surface area contributed by atoms with Crippen LogP contribution >= 0.6 is 0 Å². The highest BCUT2D eigenvalue weighted by molar-refractivity contribution is 5.92. The van der Waals surface area contributed by atoms with Gasteiger partial charge < -0.3 is 24.4 Å². The third kappa shape index (κ3) is 5.48. The lowest BCUT2D eigenvalue weighted by Crippen LogP contribution is -2.45. The van der Waals surface area contributed by atoms with Crippen molar-refractivity contribution in [1.29, 1.82) is 0 Å². The number of likely N-dealkylation sites (tertiary alicyclic amines) is 1. The Labute approximate surface area is 173 Å². The average Bonchev–Trinajstić information content (AvgIpc) is 3.23. The number of amides is 1. The van der Waals surface area contributed by atoms with Gasteiger partial charge in [0.1, 0.15) is 0 Å². The molecule has 3 aliphatic heterocycles. The number of benzene rings is 1.